The first kappa shape index (κ1) is 34.8. The molecule has 0 radical (unpaired) electrons. The van der Waals surface area contributed by atoms with Gasteiger partial charge in [-0.05, 0) is 6.92 Å². The van der Waals surface area contributed by atoms with Crippen molar-refractivity contribution >= 4 is 35.3 Å². The number of carbonyl (C=O) groups excluding carboxylic acids is 6. The number of ether oxygens (including phenoxy) is 4. The number of hydrogen-bond acceptors (Lipinski definition) is 11. The van der Waals surface area contributed by atoms with E-state index in [1.165, 1.54) is 6.92 Å². The maximum absolute atomic E-state index is 11.7. The molecule has 16 heteroatoms. The minimum absolute atomic E-state index is 0.0875. The van der Waals surface area contributed by atoms with Crippen molar-refractivity contribution in [1.29, 1.82) is 0 Å². The van der Waals surface area contributed by atoms with E-state index in [1.54, 1.807) is 0 Å². The van der Waals surface area contributed by atoms with E-state index in [9.17, 15) is 28.8 Å². The number of Topliss-reactive ketones (excluding diaryl/α,β-unsaturated/α-hetero) is 1. The highest BCUT2D eigenvalue weighted by Crippen LogP contribution is 1.86. The first-order valence-electron chi connectivity index (χ1n) is 12.1. The van der Waals surface area contributed by atoms with Crippen LogP contribution in [0.25, 0.3) is 0 Å². The topological polar surface area (TPSA) is 226 Å². The molecular formula is C22H40N6O10. The van der Waals surface area contributed by atoms with E-state index >= 15 is 0 Å². The lowest BCUT2D eigenvalue weighted by Crippen LogP contribution is -2.46. The summed E-state index contributed by atoms with van der Waals surface area (Å²) in [7, 11) is 0. The van der Waals surface area contributed by atoms with E-state index in [4.69, 9.17) is 24.7 Å². The van der Waals surface area contributed by atoms with E-state index < -0.39 is 29.5 Å². The molecule has 16 nitrogen and oxygen atoms in total. The van der Waals surface area contributed by atoms with Crippen LogP contribution in [0.1, 0.15) is 13.3 Å². The van der Waals surface area contributed by atoms with E-state index in [0.29, 0.717) is 52.7 Å². The molecule has 218 valence electrons. The average Bonchev–Trinajstić information content (AvgIpc) is 2.89. The van der Waals surface area contributed by atoms with Crippen LogP contribution in [0.4, 0.5) is 0 Å². The molecule has 0 heterocycles. The maximum atomic E-state index is 11.7. The number of nitrogens with two attached hydrogens (primary N) is 1. The summed E-state index contributed by atoms with van der Waals surface area (Å²) in [6.45, 7) is 3.13. The smallest absolute Gasteiger partial charge is 0.239 e. The summed E-state index contributed by atoms with van der Waals surface area (Å²) in [4.78, 5) is 68.2. The second-order valence-corrected chi connectivity index (χ2v) is 7.56. The first-order valence-corrected chi connectivity index (χ1v) is 12.1. The molecule has 0 aliphatic rings. The fraction of sp³-hybridized carbons (Fsp3) is 0.727. The molecule has 0 rings (SSSR count). The van der Waals surface area contributed by atoms with E-state index in [-0.39, 0.29) is 51.7 Å². The molecule has 0 aliphatic carbocycles. The highest BCUT2D eigenvalue weighted by atomic mass is 16.6. The number of carbonyl (C=O) groups is 6. The molecule has 0 aliphatic heterocycles. The van der Waals surface area contributed by atoms with Crippen molar-refractivity contribution in [1.82, 2.24) is 26.6 Å². The lowest BCUT2D eigenvalue weighted by atomic mass is 10.3. The van der Waals surface area contributed by atoms with Gasteiger partial charge in [-0.3, -0.25) is 28.8 Å². The van der Waals surface area contributed by atoms with Crippen molar-refractivity contribution in [3.05, 3.63) is 0 Å². The maximum Gasteiger partial charge on any atom is 0.239 e. The number of ketones is 1. The third-order valence-electron chi connectivity index (χ3n) is 4.25. The molecule has 0 bridgehead atoms. The van der Waals surface area contributed by atoms with Crippen LogP contribution in [0.2, 0.25) is 0 Å². The molecule has 0 saturated carbocycles. The van der Waals surface area contributed by atoms with Gasteiger partial charge in [0, 0.05) is 13.0 Å². The predicted molar refractivity (Wildman–Crippen MR) is 133 cm³/mol. The molecule has 0 aromatic rings. The fourth-order valence-electron chi connectivity index (χ4n) is 2.28. The highest BCUT2D eigenvalue weighted by molar-refractivity contribution is 5.91. The van der Waals surface area contributed by atoms with Gasteiger partial charge >= 0.3 is 0 Å². The van der Waals surface area contributed by atoms with Gasteiger partial charge in [0.2, 0.25) is 29.5 Å². The second-order valence-electron chi connectivity index (χ2n) is 7.56. The Balaban J connectivity index is 3.51. The van der Waals surface area contributed by atoms with Gasteiger partial charge in [-0.15, -0.1) is 0 Å². The molecule has 7 N–H and O–H groups in total. The molecular weight excluding hydrogens is 508 g/mol. The SMILES string of the molecule is CC(=O)CCOCCOCCOCCOCCNC(=O)CNC(=O)CNC(=O)CNC(=O)CNC(=O)CN. The summed E-state index contributed by atoms with van der Waals surface area (Å²) in [5.41, 5.74) is 5.08. The monoisotopic (exact) mass is 548 g/mol. The van der Waals surface area contributed by atoms with Crippen LogP contribution in [0.5, 0.6) is 0 Å². The van der Waals surface area contributed by atoms with Crippen LogP contribution in [0, 0.1) is 0 Å². The van der Waals surface area contributed by atoms with Crippen LogP contribution in [-0.4, -0.2) is 127 Å². The van der Waals surface area contributed by atoms with Crippen LogP contribution < -0.4 is 32.3 Å². The highest BCUT2D eigenvalue weighted by Gasteiger charge is 2.09. The summed E-state index contributed by atoms with van der Waals surface area (Å²) in [6, 6.07) is 0. The Hall–Kier alpha value is -3.18. The zero-order valence-corrected chi connectivity index (χ0v) is 21.8. The van der Waals surface area contributed by atoms with Gasteiger partial charge in [0.1, 0.15) is 5.78 Å². The fourth-order valence-corrected chi connectivity index (χ4v) is 2.28. The van der Waals surface area contributed by atoms with Gasteiger partial charge in [-0.1, -0.05) is 0 Å². The molecule has 0 fully saturated rings. The third-order valence-corrected chi connectivity index (χ3v) is 4.25. The predicted octanol–water partition coefficient (Wildman–Crippen LogP) is -4.43. The molecule has 0 saturated heterocycles. The summed E-state index contributed by atoms with van der Waals surface area (Å²) < 4.78 is 21.2. The number of amides is 5. The molecule has 0 atom stereocenters. The van der Waals surface area contributed by atoms with Gasteiger partial charge in [0.05, 0.1) is 85.6 Å². The Kier molecular flexibility index (Phi) is 22.2. The van der Waals surface area contributed by atoms with Crippen molar-refractivity contribution in [2.75, 3.05) is 92.1 Å². The van der Waals surface area contributed by atoms with Crippen molar-refractivity contribution < 1.29 is 47.7 Å². The quantitative estimate of drug-likeness (QED) is 0.0631. The normalized spacial score (nSPS) is 10.4. The standard InChI is InChI=1S/C22H40N6O10/c1-17(29)2-4-35-6-8-37-10-11-38-9-7-36-5-3-24-19(31)13-26-21(33)15-28-22(34)16-27-20(32)14-25-18(30)12-23/h2-16,23H2,1H3,(H,24,31)(H,25,30)(H,26,33)(H,27,32)(H,28,34). The molecule has 5 amide bonds. The largest absolute Gasteiger partial charge is 0.379 e. The number of rotatable bonds is 24. The zero-order valence-electron chi connectivity index (χ0n) is 21.8. The minimum atomic E-state index is -0.621. The Morgan fingerprint density at radius 1 is 0.500 bits per heavy atom. The van der Waals surface area contributed by atoms with Gasteiger partial charge in [-0.2, -0.15) is 0 Å². The van der Waals surface area contributed by atoms with Gasteiger partial charge in [-0.25, -0.2) is 0 Å². The van der Waals surface area contributed by atoms with E-state index in [2.05, 4.69) is 26.6 Å². The zero-order chi connectivity index (χ0) is 28.4. The third kappa shape index (κ3) is 24.5. The molecule has 0 unspecified atom stereocenters. The van der Waals surface area contributed by atoms with Crippen molar-refractivity contribution in [3.8, 4) is 0 Å². The van der Waals surface area contributed by atoms with Crippen LogP contribution in [-0.2, 0) is 47.7 Å². The average molecular weight is 549 g/mol. The summed E-state index contributed by atoms with van der Waals surface area (Å²) in [5, 5.41) is 11.7. The van der Waals surface area contributed by atoms with Crippen LogP contribution in [0.15, 0.2) is 0 Å². The first-order chi connectivity index (χ1) is 18.2. The lowest BCUT2D eigenvalue weighted by molar-refractivity contribution is -0.129. The Labute approximate surface area is 221 Å². The second kappa shape index (κ2) is 24.2. The van der Waals surface area contributed by atoms with Crippen molar-refractivity contribution in [3.63, 3.8) is 0 Å². The van der Waals surface area contributed by atoms with E-state index in [1.807, 2.05) is 0 Å². The summed E-state index contributed by atoms with van der Waals surface area (Å²) >= 11 is 0. The van der Waals surface area contributed by atoms with E-state index in [0.717, 1.165) is 0 Å². The molecule has 0 spiro atoms. The summed E-state index contributed by atoms with van der Waals surface area (Å²) in [5.74, 6) is -2.66. The molecule has 38 heavy (non-hydrogen) atoms. The lowest BCUT2D eigenvalue weighted by Gasteiger charge is -2.09. The Bertz CT molecular complexity index is 737. The minimum Gasteiger partial charge on any atom is -0.379 e. The van der Waals surface area contributed by atoms with Crippen LogP contribution in [0.3, 0.4) is 0 Å². The van der Waals surface area contributed by atoms with Crippen molar-refractivity contribution in [2.45, 2.75) is 13.3 Å². The van der Waals surface area contributed by atoms with Crippen molar-refractivity contribution in [2.24, 2.45) is 5.73 Å². The number of nitrogens with one attached hydrogen (secondary N) is 5. The van der Waals surface area contributed by atoms with Crippen LogP contribution >= 0.6 is 0 Å². The molecule has 0 aromatic heterocycles. The van der Waals surface area contributed by atoms with Gasteiger partial charge in [0.15, 0.2) is 0 Å². The Morgan fingerprint density at radius 2 is 0.842 bits per heavy atom. The van der Waals surface area contributed by atoms with Gasteiger partial charge in [0.25, 0.3) is 0 Å². The number of hydrogen-bond donors (Lipinski definition) is 6. The Morgan fingerprint density at radius 3 is 1.24 bits per heavy atom. The molecule has 0 aromatic carbocycles. The summed E-state index contributed by atoms with van der Waals surface area (Å²) in [6.07, 6.45) is 0.400. The van der Waals surface area contributed by atoms with Gasteiger partial charge < -0.3 is 51.3 Å².